The predicted octanol–water partition coefficient (Wildman–Crippen LogP) is 3.56. The summed E-state index contributed by atoms with van der Waals surface area (Å²) in [5.41, 5.74) is 6.01. The fourth-order valence-electron chi connectivity index (χ4n) is 1.27. The molecule has 0 unspecified atom stereocenters. The monoisotopic (exact) mass is 219 g/mol. The molecule has 0 radical (unpaired) electrons. The third-order valence-electron chi connectivity index (χ3n) is 1.87. The first-order valence-electron chi connectivity index (χ1n) is 4.53. The maximum Gasteiger partial charge on any atom is 0.126 e. The largest absolute Gasteiger partial charge is 0.399 e. The van der Waals surface area contributed by atoms with E-state index >= 15 is 0 Å². The maximum atomic E-state index is 13.0. The van der Waals surface area contributed by atoms with Gasteiger partial charge in [0.1, 0.15) is 5.82 Å². The molecule has 0 fully saturated rings. The van der Waals surface area contributed by atoms with Crippen LogP contribution >= 0.6 is 11.8 Å². The van der Waals surface area contributed by atoms with Crippen molar-refractivity contribution in [3.8, 4) is 0 Å². The topological polar surface area (TPSA) is 26.0 Å². The van der Waals surface area contributed by atoms with Gasteiger partial charge in [-0.25, -0.2) is 4.39 Å². The summed E-state index contributed by atoms with van der Waals surface area (Å²) in [6, 6.07) is 14.4. The quantitative estimate of drug-likeness (QED) is 0.781. The molecule has 0 saturated carbocycles. The minimum atomic E-state index is -0.298. The van der Waals surface area contributed by atoms with Crippen LogP contribution in [-0.2, 0) is 0 Å². The summed E-state index contributed by atoms with van der Waals surface area (Å²) in [4.78, 5) is 1.89. The Labute approximate surface area is 92.1 Å². The molecule has 3 heteroatoms. The van der Waals surface area contributed by atoms with E-state index in [1.807, 2.05) is 30.3 Å². The van der Waals surface area contributed by atoms with Crippen LogP contribution in [0.3, 0.4) is 0 Å². The summed E-state index contributed by atoms with van der Waals surface area (Å²) in [6.45, 7) is 0. The molecule has 2 aromatic carbocycles. The molecule has 2 rings (SSSR count). The van der Waals surface area contributed by atoms with Gasteiger partial charge in [0.15, 0.2) is 0 Å². The predicted molar refractivity (Wildman–Crippen MR) is 61.4 cm³/mol. The molecule has 0 aromatic heterocycles. The molecule has 0 bridgehead atoms. The van der Waals surface area contributed by atoms with Gasteiger partial charge in [0.05, 0.1) is 0 Å². The summed E-state index contributed by atoms with van der Waals surface area (Å²) in [7, 11) is 0. The minimum Gasteiger partial charge on any atom is -0.399 e. The molecule has 0 atom stereocenters. The number of nitrogens with two attached hydrogens (primary N) is 1. The van der Waals surface area contributed by atoms with Crippen LogP contribution < -0.4 is 5.73 Å². The standard InChI is InChI=1S/C12H10FNS/c13-9-6-10(14)8-12(7-9)15-11-4-2-1-3-5-11/h1-8H,14H2. The minimum absolute atomic E-state index is 0.298. The molecular formula is C12H10FNS. The van der Waals surface area contributed by atoms with E-state index in [1.54, 1.807) is 6.07 Å². The lowest BCUT2D eigenvalue weighted by Crippen LogP contribution is -1.86. The second-order valence-electron chi connectivity index (χ2n) is 3.14. The number of benzene rings is 2. The lowest BCUT2D eigenvalue weighted by atomic mass is 10.3. The second kappa shape index (κ2) is 4.36. The number of anilines is 1. The first-order chi connectivity index (χ1) is 7.24. The average Bonchev–Trinajstić information content (AvgIpc) is 2.17. The van der Waals surface area contributed by atoms with Crippen molar-refractivity contribution < 1.29 is 4.39 Å². The third-order valence-corrected chi connectivity index (χ3v) is 2.85. The Kier molecular flexibility index (Phi) is 2.92. The van der Waals surface area contributed by atoms with Crippen LogP contribution in [0, 0.1) is 5.82 Å². The van der Waals surface area contributed by atoms with Crippen molar-refractivity contribution in [2.24, 2.45) is 0 Å². The van der Waals surface area contributed by atoms with Gasteiger partial charge in [-0.2, -0.15) is 0 Å². The molecule has 76 valence electrons. The Morgan fingerprint density at radius 3 is 2.33 bits per heavy atom. The Morgan fingerprint density at radius 1 is 0.933 bits per heavy atom. The van der Waals surface area contributed by atoms with Crippen LogP contribution in [-0.4, -0.2) is 0 Å². The average molecular weight is 219 g/mol. The molecule has 2 aromatic rings. The van der Waals surface area contributed by atoms with E-state index in [1.165, 1.54) is 23.9 Å². The molecule has 1 nitrogen and oxygen atoms in total. The highest BCUT2D eigenvalue weighted by Crippen LogP contribution is 2.29. The van der Waals surface area contributed by atoms with Crippen molar-refractivity contribution in [3.05, 3.63) is 54.3 Å². The van der Waals surface area contributed by atoms with Crippen molar-refractivity contribution in [3.63, 3.8) is 0 Å². The molecule has 15 heavy (non-hydrogen) atoms. The van der Waals surface area contributed by atoms with Gasteiger partial charge in [-0.1, -0.05) is 30.0 Å². The molecule has 0 spiro atoms. The van der Waals surface area contributed by atoms with E-state index in [4.69, 9.17) is 5.73 Å². The van der Waals surface area contributed by atoms with Crippen molar-refractivity contribution in [2.45, 2.75) is 9.79 Å². The maximum absolute atomic E-state index is 13.0. The number of rotatable bonds is 2. The van der Waals surface area contributed by atoms with Gasteiger partial charge in [-0.3, -0.25) is 0 Å². The van der Waals surface area contributed by atoms with Crippen molar-refractivity contribution in [2.75, 3.05) is 5.73 Å². The first kappa shape index (κ1) is 10.1. The second-order valence-corrected chi connectivity index (χ2v) is 4.28. The normalized spacial score (nSPS) is 10.2. The molecule has 0 aliphatic rings. The van der Waals surface area contributed by atoms with E-state index in [0.29, 0.717) is 5.69 Å². The fraction of sp³-hybridized carbons (Fsp3) is 0. The summed E-state index contributed by atoms with van der Waals surface area (Å²) in [5.74, 6) is -0.298. The van der Waals surface area contributed by atoms with E-state index in [9.17, 15) is 4.39 Å². The summed E-state index contributed by atoms with van der Waals surface area (Å²) in [6.07, 6.45) is 0. The Bertz CT molecular complexity index is 436. The molecule has 0 amide bonds. The van der Waals surface area contributed by atoms with Gasteiger partial charge in [0, 0.05) is 15.5 Å². The van der Waals surface area contributed by atoms with Gasteiger partial charge in [-0.05, 0) is 30.3 Å². The van der Waals surface area contributed by atoms with Crippen LogP contribution in [0.2, 0.25) is 0 Å². The van der Waals surface area contributed by atoms with Gasteiger partial charge in [-0.15, -0.1) is 0 Å². The number of halogens is 1. The van der Waals surface area contributed by atoms with Gasteiger partial charge >= 0.3 is 0 Å². The van der Waals surface area contributed by atoms with Crippen LogP contribution in [0.25, 0.3) is 0 Å². The smallest absolute Gasteiger partial charge is 0.126 e. The number of hydrogen-bond acceptors (Lipinski definition) is 2. The van der Waals surface area contributed by atoms with Crippen molar-refractivity contribution >= 4 is 17.4 Å². The first-order valence-corrected chi connectivity index (χ1v) is 5.35. The van der Waals surface area contributed by atoms with Crippen LogP contribution in [0.1, 0.15) is 0 Å². The van der Waals surface area contributed by atoms with Gasteiger partial charge < -0.3 is 5.73 Å². The highest BCUT2D eigenvalue weighted by molar-refractivity contribution is 7.99. The summed E-state index contributed by atoms with van der Waals surface area (Å²) < 4.78 is 13.0. The van der Waals surface area contributed by atoms with E-state index in [-0.39, 0.29) is 5.82 Å². The van der Waals surface area contributed by atoms with Crippen molar-refractivity contribution in [1.82, 2.24) is 0 Å². The Hall–Kier alpha value is -1.48. The zero-order valence-corrected chi connectivity index (χ0v) is 8.80. The highest BCUT2D eigenvalue weighted by Gasteiger charge is 2.00. The Morgan fingerprint density at radius 2 is 1.67 bits per heavy atom. The van der Waals surface area contributed by atoms with E-state index in [0.717, 1.165) is 9.79 Å². The van der Waals surface area contributed by atoms with E-state index in [2.05, 4.69) is 0 Å². The molecule has 0 aliphatic heterocycles. The van der Waals surface area contributed by atoms with Gasteiger partial charge in [0.2, 0.25) is 0 Å². The highest BCUT2D eigenvalue weighted by atomic mass is 32.2. The molecule has 0 saturated heterocycles. The molecule has 0 heterocycles. The molecule has 0 aliphatic carbocycles. The Balaban J connectivity index is 2.25. The summed E-state index contributed by atoms with van der Waals surface area (Å²) in [5, 5.41) is 0. The van der Waals surface area contributed by atoms with Crippen molar-refractivity contribution in [1.29, 1.82) is 0 Å². The number of hydrogen-bond donors (Lipinski definition) is 1. The third kappa shape index (κ3) is 2.73. The van der Waals surface area contributed by atoms with Crippen LogP contribution in [0.5, 0.6) is 0 Å². The SMILES string of the molecule is Nc1cc(F)cc(Sc2ccccc2)c1. The van der Waals surface area contributed by atoms with E-state index < -0.39 is 0 Å². The lowest BCUT2D eigenvalue weighted by molar-refractivity contribution is 0.625. The molecule has 2 N–H and O–H groups in total. The zero-order valence-electron chi connectivity index (χ0n) is 7.98. The number of nitrogen functional groups attached to an aromatic ring is 1. The lowest BCUT2D eigenvalue weighted by Gasteiger charge is -2.02. The fourth-order valence-corrected chi connectivity index (χ4v) is 2.20. The van der Waals surface area contributed by atoms with Crippen LogP contribution in [0.15, 0.2) is 58.3 Å². The summed E-state index contributed by atoms with van der Waals surface area (Å²) >= 11 is 1.50. The van der Waals surface area contributed by atoms with Gasteiger partial charge in [0.25, 0.3) is 0 Å². The zero-order chi connectivity index (χ0) is 10.7. The molecular weight excluding hydrogens is 209 g/mol. The van der Waals surface area contributed by atoms with Crippen LogP contribution in [0.4, 0.5) is 10.1 Å².